The van der Waals surface area contributed by atoms with Crippen molar-refractivity contribution in [1.29, 1.82) is 0 Å². The van der Waals surface area contributed by atoms with E-state index in [1.807, 2.05) is 5.48 Å². The topological polar surface area (TPSA) is 133 Å². The predicted octanol–water partition coefficient (Wildman–Crippen LogP) is 1.72. The Kier molecular flexibility index (Phi) is 6.27. The molecular formula is C15H18BrFN6O4S. The van der Waals surface area contributed by atoms with Gasteiger partial charge in [0.2, 0.25) is 15.8 Å². The number of nitrogens with zero attached hydrogens (tertiary/aromatic N) is 4. The van der Waals surface area contributed by atoms with Crippen molar-refractivity contribution in [2.45, 2.75) is 6.42 Å². The van der Waals surface area contributed by atoms with Gasteiger partial charge in [-0.25, -0.2) is 26.7 Å². The van der Waals surface area contributed by atoms with Crippen molar-refractivity contribution < 1.29 is 22.6 Å². The molecule has 2 aromatic rings. The van der Waals surface area contributed by atoms with Crippen molar-refractivity contribution in [1.82, 2.24) is 20.1 Å². The molecule has 3 rings (SSSR count). The molecule has 1 atom stereocenters. The van der Waals surface area contributed by atoms with Crippen molar-refractivity contribution in [3.63, 3.8) is 0 Å². The Morgan fingerprint density at radius 2 is 2.29 bits per heavy atom. The zero-order chi connectivity index (χ0) is 20.3. The summed E-state index contributed by atoms with van der Waals surface area (Å²) in [6.45, 7) is 1.32. The number of halogens is 2. The van der Waals surface area contributed by atoms with Gasteiger partial charge >= 0.3 is 0 Å². The number of hydrogen-bond donors (Lipinski definition) is 3. The molecule has 1 aliphatic heterocycles. The minimum atomic E-state index is -3.21. The molecule has 152 valence electrons. The van der Waals surface area contributed by atoms with Crippen molar-refractivity contribution in [3.8, 4) is 0 Å². The van der Waals surface area contributed by atoms with E-state index >= 15 is 0 Å². The Morgan fingerprint density at radius 1 is 1.50 bits per heavy atom. The van der Waals surface area contributed by atoms with E-state index in [4.69, 9.17) is 4.63 Å². The Morgan fingerprint density at radius 3 is 2.93 bits per heavy atom. The van der Waals surface area contributed by atoms with Crippen LogP contribution in [0.5, 0.6) is 0 Å². The molecule has 1 aromatic carbocycles. The predicted molar refractivity (Wildman–Crippen MR) is 103 cm³/mol. The highest BCUT2D eigenvalue weighted by Gasteiger charge is 2.29. The van der Waals surface area contributed by atoms with Crippen LogP contribution in [0, 0.1) is 11.7 Å². The summed E-state index contributed by atoms with van der Waals surface area (Å²) >= 11 is 3.07. The number of hydrogen-bond acceptors (Lipinski definition) is 8. The van der Waals surface area contributed by atoms with E-state index in [2.05, 4.69) is 36.6 Å². The number of benzene rings is 1. The first-order chi connectivity index (χ1) is 13.3. The number of hydroxylamine groups is 1. The maximum absolute atomic E-state index is 13.4. The number of rotatable bonds is 6. The molecule has 0 spiro atoms. The second-order valence-electron chi connectivity index (χ2n) is 6.29. The minimum absolute atomic E-state index is 0.0496. The van der Waals surface area contributed by atoms with E-state index in [0.29, 0.717) is 31.7 Å². The SMILES string of the molecule is CS(=O)(=O)N1CC[C@@H](CNc2nonc2C(=Nc2ccc(F)c(Br)c2)NO)C1. The van der Waals surface area contributed by atoms with E-state index in [1.54, 1.807) is 0 Å². The minimum Gasteiger partial charge on any atom is -0.365 e. The number of aromatic nitrogens is 2. The summed E-state index contributed by atoms with van der Waals surface area (Å²) in [7, 11) is -3.21. The lowest BCUT2D eigenvalue weighted by molar-refractivity contribution is 0.234. The van der Waals surface area contributed by atoms with Crippen LogP contribution in [0.25, 0.3) is 0 Å². The Hall–Kier alpha value is -2.09. The highest BCUT2D eigenvalue weighted by Crippen LogP contribution is 2.24. The molecule has 3 N–H and O–H groups in total. The van der Waals surface area contributed by atoms with Gasteiger partial charge in [0.1, 0.15) is 5.82 Å². The maximum atomic E-state index is 13.4. The van der Waals surface area contributed by atoms with Crippen molar-refractivity contribution in [2.75, 3.05) is 31.2 Å². The Labute approximate surface area is 168 Å². The smallest absolute Gasteiger partial charge is 0.211 e. The molecule has 0 unspecified atom stereocenters. The first kappa shape index (κ1) is 20.6. The van der Waals surface area contributed by atoms with Gasteiger partial charge < -0.3 is 5.32 Å². The standard InChI is InChI=1S/C15H18BrFN6O4S/c1-28(25,26)23-5-4-9(8-23)7-18-14-13(21-27-22-14)15(20-24)19-10-2-3-12(17)11(16)6-10/h2-3,6,9,24H,4-5,7-8H2,1H3,(H,18,22)(H,19,20)/t9-/m0/s1. The Balaban J connectivity index is 1.71. The lowest BCUT2D eigenvalue weighted by atomic mass is 10.1. The monoisotopic (exact) mass is 476 g/mol. The Bertz CT molecular complexity index is 983. The van der Waals surface area contributed by atoms with E-state index in [0.717, 1.165) is 0 Å². The summed E-state index contributed by atoms with van der Waals surface area (Å²) in [5.74, 6) is -0.164. The van der Waals surface area contributed by atoms with Gasteiger partial charge in [-0.15, -0.1) is 0 Å². The normalized spacial score (nSPS) is 18.4. The highest BCUT2D eigenvalue weighted by molar-refractivity contribution is 9.10. The van der Waals surface area contributed by atoms with E-state index < -0.39 is 15.8 Å². The van der Waals surface area contributed by atoms with Crippen molar-refractivity contribution in [2.24, 2.45) is 10.9 Å². The molecule has 28 heavy (non-hydrogen) atoms. The molecule has 0 amide bonds. The van der Waals surface area contributed by atoms with Gasteiger partial charge in [0.15, 0.2) is 11.5 Å². The van der Waals surface area contributed by atoms with Crippen LogP contribution in [0.15, 0.2) is 32.3 Å². The molecular weight excluding hydrogens is 459 g/mol. The molecule has 2 heterocycles. The van der Waals surface area contributed by atoms with E-state index in [1.165, 1.54) is 28.8 Å². The second-order valence-corrected chi connectivity index (χ2v) is 9.13. The number of sulfonamides is 1. The zero-order valence-electron chi connectivity index (χ0n) is 14.8. The van der Waals surface area contributed by atoms with E-state index in [-0.39, 0.29) is 27.7 Å². The summed E-state index contributed by atoms with van der Waals surface area (Å²) in [6.07, 6.45) is 1.90. The summed E-state index contributed by atoms with van der Waals surface area (Å²) in [4.78, 5) is 4.18. The molecule has 1 saturated heterocycles. The van der Waals surface area contributed by atoms with Gasteiger partial charge in [-0.1, -0.05) is 0 Å². The third-order valence-electron chi connectivity index (χ3n) is 4.24. The van der Waals surface area contributed by atoms with Crippen LogP contribution < -0.4 is 10.8 Å². The highest BCUT2D eigenvalue weighted by atomic mass is 79.9. The lowest BCUT2D eigenvalue weighted by Crippen LogP contribution is -2.29. The molecule has 0 saturated carbocycles. The van der Waals surface area contributed by atoms with Gasteiger partial charge in [0, 0.05) is 19.6 Å². The first-order valence-electron chi connectivity index (χ1n) is 8.23. The van der Waals surface area contributed by atoms with Crippen LogP contribution in [-0.4, -0.2) is 60.0 Å². The van der Waals surface area contributed by atoms with Crippen LogP contribution in [0.4, 0.5) is 15.9 Å². The van der Waals surface area contributed by atoms with Gasteiger partial charge in [-0.05, 0) is 56.8 Å². The summed E-state index contributed by atoms with van der Waals surface area (Å²) in [6, 6.07) is 4.09. The second kappa shape index (κ2) is 8.51. The van der Waals surface area contributed by atoms with Crippen LogP contribution in [0.2, 0.25) is 0 Å². The van der Waals surface area contributed by atoms with Gasteiger partial charge in [0.05, 0.1) is 16.4 Å². The first-order valence-corrected chi connectivity index (χ1v) is 10.9. The van der Waals surface area contributed by atoms with Gasteiger partial charge in [0.25, 0.3) is 0 Å². The number of amidine groups is 1. The summed E-state index contributed by atoms with van der Waals surface area (Å²) in [5.41, 5.74) is 2.42. The van der Waals surface area contributed by atoms with Crippen molar-refractivity contribution >= 4 is 43.3 Å². The fourth-order valence-electron chi connectivity index (χ4n) is 2.78. The van der Waals surface area contributed by atoms with Gasteiger partial charge in [-0.3, -0.25) is 10.7 Å². The molecule has 1 fully saturated rings. The van der Waals surface area contributed by atoms with E-state index in [9.17, 15) is 18.0 Å². The fourth-order valence-corrected chi connectivity index (χ4v) is 4.07. The average Bonchev–Trinajstić information content (AvgIpc) is 3.29. The molecule has 0 bridgehead atoms. The van der Waals surface area contributed by atoms with Crippen LogP contribution in [0.3, 0.4) is 0 Å². The number of anilines is 1. The molecule has 1 aromatic heterocycles. The third kappa shape index (κ3) is 4.84. The summed E-state index contributed by atoms with van der Waals surface area (Å²) < 4.78 is 42.9. The van der Waals surface area contributed by atoms with Crippen LogP contribution in [0.1, 0.15) is 12.1 Å². The number of aliphatic imine (C=N–C) groups is 1. The lowest BCUT2D eigenvalue weighted by Gasteiger charge is -2.13. The maximum Gasteiger partial charge on any atom is 0.211 e. The molecule has 0 radical (unpaired) electrons. The molecule has 0 aliphatic carbocycles. The molecule has 13 heteroatoms. The van der Waals surface area contributed by atoms with Crippen LogP contribution in [-0.2, 0) is 10.0 Å². The average molecular weight is 477 g/mol. The third-order valence-corrected chi connectivity index (χ3v) is 6.12. The quantitative estimate of drug-likeness (QED) is 0.326. The number of nitrogens with one attached hydrogen (secondary N) is 2. The fraction of sp³-hybridized carbons (Fsp3) is 0.400. The summed E-state index contributed by atoms with van der Waals surface area (Å²) in [5, 5.41) is 20.0. The van der Waals surface area contributed by atoms with Crippen molar-refractivity contribution in [3.05, 3.63) is 34.2 Å². The molecule has 1 aliphatic rings. The van der Waals surface area contributed by atoms with Crippen LogP contribution >= 0.6 is 15.9 Å². The molecule has 10 nitrogen and oxygen atoms in total. The zero-order valence-corrected chi connectivity index (χ0v) is 17.2. The largest absolute Gasteiger partial charge is 0.365 e. The van der Waals surface area contributed by atoms with Gasteiger partial charge in [-0.2, -0.15) is 0 Å².